The van der Waals surface area contributed by atoms with Gasteiger partial charge in [0.2, 0.25) is 0 Å². The van der Waals surface area contributed by atoms with Crippen molar-refractivity contribution in [2.45, 2.75) is 45.5 Å². The first-order valence-corrected chi connectivity index (χ1v) is 4.96. The van der Waals surface area contributed by atoms with Gasteiger partial charge in [-0.25, -0.2) is 0 Å². The highest BCUT2D eigenvalue weighted by Crippen LogP contribution is 2.39. The molecule has 0 aliphatic rings. The molecular weight excluding hydrogens is 266 g/mol. The van der Waals surface area contributed by atoms with Gasteiger partial charge in [-0.2, -0.15) is 26.3 Å². The SMILES string of the molecule is CC(C)(C(=O)CC(=O)CCC(F)(F)F)C(F)(F)F. The number of rotatable bonds is 5. The Hall–Kier alpha value is -1.08. The average molecular weight is 278 g/mol. The summed E-state index contributed by atoms with van der Waals surface area (Å²) in [5.41, 5.74) is -2.74. The number of halogens is 6. The van der Waals surface area contributed by atoms with E-state index in [0.717, 1.165) is 0 Å². The summed E-state index contributed by atoms with van der Waals surface area (Å²) in [5, 5.41) is 0. The lowest BCUT2D eigenvalue weighted by Crippen LogP contribution is -2.40. The molecule has 0 atom stereocenters. The lowest BCUT2D eigenvalue weighted by Gasteiger charge is -2.25. The number of Topliss-reactive ketones (excluding diaryl/α,β-unsaturated/α-hetero) is 2. The first-order chi connectivity index (χ1) is 7.77. The first kappa shape index (κ1) is 16.9. The zero-order valence-corrected chi connectivity index (χ0v) is 9.71. The number of hydrogen-bond donors (Lipinski definition) is 0. The van der Waals surface area contributed by atoms with E-state index in [2.05, 4.69) is 0 Å². The van der Waals surface area contributed by atoms with Crippen LogP contribution in [0.3, 0.4) is 0 Å². The molecule has 0 aliphatic carbocycles. The van der Waals surface area contributed by atoms with Gasteiger partial charge >= 0.3 is 12.4 Å². The van der Waals surface area contributed by atoms with E-state index in [0.29, 0.717) is 13.8 Å². The molecule has 0 aromatic carbocycles. The molecule has 0 fully saturated rings. The Balaban J connectivity index is 4.46. The molecule has 0 aliphatic heterocycles. The number of alkyl halides is 6. The molecule has 0 aromatic heterocycles. The molecule has 0 spiro atoms. The second kappa shape index (κ2) is 5.27. The predicted molar refractivity (Wildman–Crippen MR) is 49.8 cm³/mol. The van der Waals surface area contributed by atoms with Crippen molar-refractivity contribution in [3.05, 3.63) is 0 Å². The van der Waals surface area contributed by atoms with Crippen LogP contribution < -0.4 is 0 Å². The van der Waals surface area contributed by atoms with Crippen LogP contribution >= 0.6 is 0 Å². The lowest BCUT2D eigenvalue weighted by atomic mass is 9.84. The van der Waals surface area contributed by atoms with E-state index in [4.69, 9.17) is 0 Å². The smallest absolute Gasteiger partial charge is 0.299 e. The maximum absolute atomic E-state index is 12.4. The van der Waals surface area contributed by atoms with Gasteiger partial charge in [0.05, 0.1) is 12.8 Å². The minimum atomic E-state index is -4.84. The van der Waals surface area contributed by atoms with Gasteiger partial charge in [-0.3, -0.25) is 9.59 Å². The Labute approximate surface area is 99.3 Å². The normalized spacial score (nSPS) is 13.6. The van der Waals surface area contributed by atoms with Crippen molar-refractivity contribution in [3.8, 4) is 0 Å². The first-order valence-electron chi connectivity index (χ1n) is 4.96. The molecule has 18 heavy (non-hydrogen) atoms. The maximum atomic E-state index is 12.4. The molecular formula is C10H12F6O2. The Morgan fingerprint density at radius 1 is 0.944 bits per heavy atom. The van der Waals surface area contributed by atoms with E-state index < -0.39 is 48.6 Å². The number of carbonyl (C=O) groups is 2. The van der Waals surface area contributed by atoms with Crippen molar-refractivity contribution in [2.75, 3.05) is 0 Å². The van der Waals surface area contributed by atoms with E-state index in [1.165, 1.54) is 0 Å². The van der Waals surface area contributed by atoms with E-state index in [1.54, 1.807) is 0 Å². The van der Waals surface area contributed by atoms with E-state index in [-0.39, 0.29) is 0 Å². The molecule has 0 amide bonds. The molecule has 2 nitrogen and oxygen atoms in total. The van der Waals surface area contributed by atoms with Crippen LogP contribution in [0.1, 0.15) is 33.1 Å². The summed E-state index contributed by atoms with van der Waals surface area (Å²) in [7, 11) is 0. The Morgan fingerprint density at radius 3 is 1.72 bits per heavy atom. The maximum Gasteiger partial charge on any atom is 0.400 e. The second-order valence-electron chi connectivity index (χ2n) is 4.38. The van der Waals surface area contributed by atoms with Crippen LogP contribution in [0.25, 0.3) is 0 Å². The fourth-order valence-corrected chi connectivity index (χ4v) is 0.928. The average Bonchev–Trinajstić information content (AvgIpc) is 2.11. The zero-order valence-electron chi connectivity index (χ0n) is 9.71. The number of hydrogen-bond acceptors (Lipinski definition) is 2. The van der Waals surface area contributed by atoms with Crippen LogP contribution in [0.5, 0.6) is 0 Å². The van der Waals surface area contributed by atoms with E-state index in [9.17, 15) is 35.9 Å². The van der Waals surface area contributed by atoms with Gasteiger partial charge in [0.1, 0.15) is 11.2 Å². The van der Waals surface area contributed by atoms with Crippen molar-refractivity contribution in [3.63, 3.8) is 0 Å². The summed E-state index contributed by atoms with van der Waals surface area (Å²) >= 11 is 0. The molecule has 0 rings (SSSR count). The quantitative estimate of drug-likeness (QED) is 0.570. The molecule has 0 heterocycles. The number of ketones is 2. The van der Waals surface area contributed by atoms with E-state index >= 15 is 0 Å². The van der Waals surface area contributed by atoms with Gasteiger partial charge in [0, 0.05) is 6.42 Å². The Bertz CT molecular complexity index is 326. The van der Waals surface area contributed by atoms with Crippen molar-refractivity contribution in [2.24, 2.45) is 5.41 Å². The third kappa shape index (κ3) is 5.05. The molecule has 0 radical (unpaired) electrons. The number of carbonyl (C=O) groups excluding carboxylic acids is 2. The van der Waals surface area contributed by atoms with Crippen LogP contribution in [0.15, 0.2) is 0 Å². The highest BCUT2D eigenvalue weighted by Gasteiger charge is 2.52. The van der Waals surface area contributed by atoms with Crippen molar-refractivity contribution in [1.29, 1.82) is 0 Å². The molecule has 8 heteroatoms. The topological polar surface area (TPSA) is 34.1 Å². The van der Waals surface area contributed by atoms with Crippen LogP contribution in [0.2, 0.25) is 0 Å². The highest BCUT2D eigenvalue weighted by atomic mass is 19.4. The second-order valence-corrected chi connectivity index (χ2v) is 4.38. The molecule has 106 valence electrons. The minimum Gasteiger partial charge on any atom is -0.299 e. The summed E-state index contributed by atoms with van der Waals surface area (Å²) in [6, 6.07) is 0. The molecule has 0 saturated heterocycles. The minimum absolute atomic E-state index is 0.590. The summed E-state index contributed by atoms with van der Waals surface area (Å²) in [5.74, 6) is -2.57. The van der Waals surface area contributed by atoms with Gasteiger partial charge in [0.25, 0.3) is 0 Å². The molecule has 0 N–H and O–H groups in total. The van der Waals surface area contributed by atoms with Crippen LogP contribution in [0.4, 0.5) is 26.3 Å². The van der Waals surface area contributed by atoms with Gasteiger partial charge in [-0.15, -0.1) is 0 Å². The Morgan fingerprint density at radius 2 is 1.39 bits per heavy atom. The fourth-order valence-electron chi connectivity index (χ4n) is 0.928. The van der Waals surface area contributed by atoms with E-state index in [1.807, 2.05) is 0 Å². The van der Waals surface area contributed by atoms with Crippen LogP contribution in [-0.2, 0) is 9.59 Å². The molecule has 0 unspecified atom stereocenters. The lowest BCUT2D eigenvalue weighted by molar-refractivity contribution is -0.210. The zero-order chi connectivity index (χ0) is 14.8. The van der Waals surface area contributed by atoms with Gasteiger partial charge in [-0.1, -0.05) is 0 Å². The predicted octanol–water partition coefficient (Wildman–Crippen LogP) is 3.45. The fraction of sp³-hybridized carbons (Fsp3) is 0.800. The summed E-state index contributed by atoms with van der Waals surface area (Å²) in [4.78, 5) is 22.2. The largest absolute Gasteiger partial charge is 0.400 e. The summed E-state index contributed by atoms with van der Waals surface area (Å²) < 4.78 is 72.5. The van der Waals surface area contributed by atoms with Crippen LogP contribution in [0, 0.1) is 5.41 Å². The van der Waals surface area contributed by atoms with Crippen molar-refractivity contribution < 1.29 is 35.9 Å². The molecule has 0 saturated carbocycles. The van der Waals surface area contributed by atoms with Gasteiger partial charge in [-0.05, 0) is 13.8 Å². The monoisotopic (exact) mass is 278 g/mol. The molecule has 0 aromatic rings. The third-order valence-electron chi connectivity index (χ3n) is 2.45. The van der Waals surface area contributed by atoms with Gasteiger partial charge < -0.3 is 0 Å². The van der Waals surface area contributed by atoms with Gasteiger partial charge in [0.15, 0.2) is 5.78 Å². The summed E-state index contributed by atoms with van der Waals surface area (Å²) in [6.45, 7) is 1.18. The van der Waals surface area contributed by atoms with Crippen molar-refractivity contribution >= 4 is 11.6 Å². The molecule has 0 bridgehead atoms. The van der Waals surface area contributed by atoms with Crippen LogP contribution in [-0.4, -0.2) is 23.9 Å². The third-order valence-corrected chi connectivity index (χ3v) is 2.45. The summed E-state index contributed by atoms with van der Waals surface area (Å²) in [6.07, 6.45) is -13.0. The standard InChI is InChI=1S/C10H12F6O2/c1-8(2,10(14,15)16)7(18)5-6(17)3-4-9(11,12)13/h3-5H2,1-2H3. The highest BCUT2D eigenvalue weighted by molar-refractivity contribution is 6.01. The van der Waals surface area contributed by atoms with Crippen molar-refractivity contribution in [1.82, 2.24) is 0 Å². The Kier molecular flexibility index (Phi) is 4.96.